The number of hydrogen-bond acceptors (Lipinski definition) is 17. The SMILES string of the molecule is CCOC(=O)[C@H](C)NP(=O)(CCNC(=O)c1c2c(c(O)c3ncccc13)C(=O)N(Cc1ccc(F)cc1)C2)N[C@@H](C)C(=O)OCC.CCOC(=O)[C@H](C)NP(=O)(CCNC)N[C@@H](C)C(=O)OCC.CNCCP(=O)(O)O. The smallest absolute Gasteiger partial charge is 0.326 e. The Hall–Kier alpha value is -5.23. The molecule has 25 nitrogen and oxygen atoms in total. The van der Waals surface area contributed by atoms with Crippen LogP contribution in [-0.2, 0) is 64.9 Å². The molecular formula is C47H75FN9O16P3. The van der Waals surface area contributed by atoms with Crippen LogP contribution in [0.25, 0.3) is 10.9 Å². The van der Waals surface area contributed by atoms with E-state index in [4.69, 9.17) is 28.7 Å². The van der Waals surface area contributed by atoms with Gasteiger partial charge in [-0.2, -0.15) is 0 Å². The number of aromatic nitrogens is 1. The summed E-state index contributed by atoms with van der Waals surface area (Å²) in [6.07, 6.45) is 1.35. The Kier molecular flexibility index (Phi) is 28.6. The van der Waals surface area contributed by atoms with Crippen LogP contribution >= 0.6 is 22.5 Å². The maximum atomic E-state index is 14.0. The third kappa shape index (κ3) is 21.7. The molecule has 0 saturated heterocycles. The molecule has 0 unspecified atom stereocenters. The van der Waals surface area contributed by atoms with Crippen LogP contribution in [0.4, 0.5) is 4.39 Å². The van der Waals surface area contributed by atoms with Gasteiger partial charge in [-0.1, -0.05) is 18.2 Å². The van der Waals surface area contributed by atoms with Gasteiger partial charge in [0.15, 0.2) is 5.75 Å². The Labute approximate surface area is 442 Å². The van der Waals surface area contributed by atoms with Crippen molar-refractivity contribution in [1.29, 1.82) is 0 Å². The molecule has 2 aromatic carbocycles. The molecule has 0 bridgehead atoms. The number of pyridine rings is 1. The number of phenols is 1. The zero-order valence-corrected chi connectivity index (χ0v) is 47.3. The zero-order chi connectivity index (χ0) is 57.4. The Morgan fingerprint density at radius 2 is 1.11 bits per heavy atom. The largest absolute Gasteiger partial charge is 0.505 e. The molecule has 3 aromatic rings. The van der Waals surface area contributed by atoms with Gasteiger partial charge in [-0.25, -0.2) is 24.7 Å². The summed E-state index contributed by atoms with van der Waals surface area (Å²) < 4.78 is 70.2. The minimum absolute atomic E-state index is 0.0115. The molecule has 1 aromatic heterocycles. The van der Waals surface area contributed by atoms with Gasteiger partial charge in [0.2, 0.25) is 14.9 Å². The van der Waals surface area contributed by atoms with E-state index >= 15 is 0 Å². The first-order valence-corrected chi connectivity index (χ1v) is 30.1. The number of nitrogens with one attached hydrogen (secondary N) is 7. The van der Waals surface area contributed by atoms with Gasteiger partial charge in [0.1, 0.15) is 35.5 Å². The fourth-order valence-corrected chi connectivity index (χ4v) is 12.2. The van der Waals surface area contributed by atoms with Crippen molar-refractivity contribution < 1.29 is 80.7 Å². The molecule has 2 amide bonds. The summed E-state index contributed by atoms with van der Waals surface area (Å²) in [6.45, 7) is 14.2. The molecule has 1 aliphatic heterocycles. The summed E-state index contributed by atoms with van der Waals surface area (Å²) in [5, 5.41) is 30.6. The summed E-state index contributed by atoms with van der Waals surface area (Å²) in [7, 11) is -7.26. The molecular weight excluding hydrogens is 1060 g/mol. The predicted octanol–water partition coefficient (Wildman–Crippen LogP) is 3.11. The molecule has 29 heteroatoms. The van der Waals surface area contributed by atoms with E-state index in [2.05, 4.69) is 41.3 Å². The molecule has 426 valence electrons. The summed E-state index contributed by atoms with van der Waals surface area (Å²) in [5.74, 6) is -4.18. The predicted molar refractivity (Wildman–Crippen MR) is 282 cm³/mol. The number of phenolic OH excluding ortho intramolecular Hbond substituents is 1. The monoisotopic (exact) mass is 1130 g/mol. The van der Waals surface area contributed by atoms with Crippen LogP contribution < -0.4 is 36.3 Å². The van der Waals surface area contributed by atoms with E-state index in [1.165, 1.54) is 37.1 Å². The van der Waals surface area contributed by atoms with E-state index in [-0.39, 0.29) is 92.5 Å². The fraction of sp³-hybridized carbons (Fsp3) is 0.553. The van der Waals surface area contributed by atoms with Crippen molar-refractivity contribution in [3.05, 3.63) is 70.7 Å². The third-order valence-corrected chi connectivity index (χ3v) is 16.4. The molecule has 4 rings (SSSR count). The van der Waals surface area contributed by atoms with Gasteiger partial charge >= 0.3 is 31.5 Å². The van der Waals surface area contributed by atoms with E-state index in [1.807, 2.05) is 0 Å². The van der Waals surface area contributed by atoms with E-state index in [1.54, 1.807) is 79.9 Å². The number of ether oxygens (including phenoxy) is 4. The van der Waals surface area contributed by atoms with Crippen molar-refractivity contribution in [1.82, 2.24) is 46.2 Å². The average Bonchev–Trinajstić information content (AvgIpc) is 3.68. The Bertz CT molecular complexity index is 2520. The number of nitrogens with zero attached hydrogens (tertiary/aromatic N) is 2. The van der Waals surface area contributed by atoms with E-state index in [9.17, 15) is 52.0 Å². The van der Waals surface area contributed by atoms with Gasteiger partial charge < -0.3 is 54.7 Å². The summed E-state index contributed by atoms with van der Waals surface area (Å²) in [5.41, 5.74) is 1.05. The lowest BCUT2D eigenvalue weighted by Gasteiger charge is -2.26. The molecule has 0 radical (unpaired) electrons. The first-order valence-electron chi connectivity index (χ1n) is 24.5. The zero-order valence-electron chi connectivity index (χ0n) is 44.6. The highest BCUT2D eigenvalue weighted by molar-refractivity contribution is 7.60. The lowest BCUT2D eigenvalue weighted by atomic mass is 9.96. The fourth-order valence-electron chi connectivity index (χ4n) is 7.16. The summed E-state index contributed by atoms with van der Waals surface area (Å²) in [4.78, 5) is 97.3. The molecule has 1 aliphatic rings. The van der Waals surface area contributed by atoms with Crippen molar-refractivity contribution in [2.75, 3.05) is 78.6 Å². The maximum absolute atomic E-state index is 14.0. The van der Waals surface area contributed by atoms with Gasteiger partial charge in [-0.3, -0.25) is 47.4 Å². The Balaban J connectivity index is 0.000000545. The van der Waals surface area contributed by atoms with Crippen LogP contribution in [0.5, 0.6) is 5.75 Å². The summed E-state index contributed by atoms with van der Waals surface area (Å²) >= 11 is 0. The van der Waals surface area contributed by atoms with Crippen molar-refractivity contribution in [2.24, 2.45) is 0 Å². The number of carbonyl (C=O) groups excluding carboxylic acids is 6. The molecule has 0 spiro atoms. The maximum Gasteiger partial charge on any atom is 0.326 e. The molecule has 4 atom stereocenters. The van der Waals surface area contributed by atoms with Gasteiger partial charge in [-0.15, -0.1) is 0 Å². The van der Waals surface area contributed by atoms with Crippen LogP contribution in [0.15, 0.2) is 42.6 Å². The van der Waals surface area contributed by atoms with Gasteiger partial charge in [0.05, 0.1) is 43.7 Å². The topological polar surface area (TPSA) is 352 Å². The van der Waals surface area contributed by atoms with Gasteiger partial charge in [-0.05, 0) is 93.2 Å². The van der Waals surface area contributed by atoms with Crippen molar-refractivity contribution in [2.45, 2.75) is 92.6 Å². The van der Waals surface area contributed by atoms with Crippen molar-refractivity contribution in [3.63, 3.8) is 0 Å². The first-order chi connectivity index (χ1) is 35.7. The van der Waals surface area contributed by atoms with Crippen LogP contribution in [-0.4, -0.2) is 163 Å². The molecule has 0 saturated carbocycles. The second kappa shape index (κ2) is 32.5. The minimum Gasteiger partial charge on any atom is -0.505 e. The highest BCUT2D eigenvalue weighted by Crippen LogP contribution is 2.41. The summed E-state index contributed by atoms with van der Waals surface area (Å²) in [6, 6.07) is 5.34. The molecule has 0 aliphatic carbocycles. The van der Waals surface area contributed by atoms with E-state index in [0.29, 0.717) is 24.0 Å². The van der Waals surface area contributed by atoms with Crippen molar-refractivity contribution in [3.8, 4) is 5.75 Å². The second-order valence-corrected chi connectivity index (χ2v) is 23.6. The lowest BCUT2D eigenvalue weighted by molar-refractivity contribution is -0.145. The number of esters is 4. The first kappa shape index (κ1) is 66.9. The standard InChI is InChI=1S/C31H37FN5O8P.C13H28N3O5P.C3H10NO3P/c1-5-44-30(41)18(3)35-46(43,36-19(4)31(42)45-6-2)15-14-34-28(39)24-22-8-7-13-33-26(22)27(38)25-23(24)17-37(29(25)40)16-20-9-11-21(32)12-10-20;1-6-20-12(17)10(3)15-22(19,9-8-14-5)16-11(4)13(18)21-7-2;1-4-2-3-8(5,6)7/h7-13,18-19,38H,5-6,14-17H2,1-4H3,(H,34,39)(H2,35,36,43);10-11,14H,6-9H2,1-5H3,(H2,15,16,19);4H,2-3H2,1H3,(H2,5,6,7)/t18-,19-;10-,11-;/m00./s1. The number of benzene rings is 2. The molecule has 10 N–H and O–H groups in total. The van der Waals surface area contributed by atoms with E-state index in [0.717, 1.165) is 0 Å². The normalized spacial score (nSPS) is 13.9. The lowest BCUT2D eigenvalue weighted by Crippen LogP contribution is -2.44. The quantitative estimate of drug-likeness (QED) is 0.0284. The number of halogens is 1. The number of hydrogen-bond donors (Lipinski definition) is 10. The average molecular weight is 1130 g/mol. The van der Waals surface area contributed by atoms with Crippen LogP contribution in [0.3, 0.4) is 0 Å². The second-order valence-electron chi connectivity index (χ2n) is 17.0. The molecule has 0 fully saturated rings. The number of carbonyl (C=O) groups is 6. The van der Waals surface area contributed by atoms with Crippen LogP contribution in [0.2, 0.25) is 0 Å². The van der Waals surface area contributed by atoms with E-state index < -0.39 is 88.2 Å². The number of fused-ring (bicyclic) bond motifs is 2. The third-order valence-electron chi connectivity index (χ3n) is 10.7. The van der Waals surface area contributed by atoms with Crippen molar-refractivity contribution >= 4 is 69.1 Å². The van der Waals surface area contributed by atoms with Gasteiger partial charge in [0.25, 0.3) is 11.8 Å². The highest BCUT2D eigenvalue weighted by atomic mass is 31.2. The number of rotatable bonds is 28. The molecule has 2 heterocycles. The number of amides is 2. The highest BCUT2D eigenvalue weighted by Gasteiger charge is 2.38. The van der Waals surface area contributed by atoms with Crippen LogP contribution in [0.1, 0.15) is 87.2 Å². The Morgan fingerprint density at radius 1 is 0.684 bits per heavy atom. The minimum atomic E-state index is -3.74. The van der Waals surface area contributed by atoms with Crippen LogP contribution in [0, 0.1) is 5.82 Å². The Morgan fingerprint density at radius 3 is 1.50 bits per heavy atom. The van der Waals surface area contributed by atoms with Gasteiger partial charge in [0, 0.05) is 62.2 Å². The number of aromatic hydroxyl groups is 1. The molecule has 76 heavy (non-hydrogen) atoms.